The maximum Gasteiger partial charge on any atom is 0.273 e. The summed E-state index contributed by atoms with van der Waals surface area (Å²) < 4.78 is 6.13. The molecule has 2 aromatic rings. The quantitative estimate of drug-likeness (QED) is 0.548. The van der Waals surface area contributed by atoms with E-state index in [2.05, 4.69) is 32.1 Å². The van der Waals surface area contributed by atoms with Crippen LogP contribution in [0.4, 0.5) is 5.69 Å². The van der Waals surface area contributed by atoms with Crippen molar-refractivity contribution < 1.29 is 19.1 Å². The van der Waals surface area contributed by atoms with Crippen LogP contribution in [0.25, 0.3) is 0 Å². The average Bonchev–Trinajstić information content (AvgIpc) is 2.68. The number of nitrogens with one attached hydrogen (secondary N) is 3. The average molecular weight is 462 g/mol. The van der Waals surface area contributed by atoms with Crippen molar-refractivity contribution in [1.82, 2.24) is 10.9 Å². The highest BCUT2D eigenvalue weighted by Crippen LogP contribution is 2.23. The monoisotopic (exact) mass is 461 g/mol. The van der Waals surface area contributed by atoms with Crippen LogP contribution >= 0.6 is 15.9 Å². The third-order valence-electron chi connectivity index (χ3n) is 4.04. The molecule has 2 rings (SSSR count). The lowest BCUT2D eigenvalue weighted by atomic mass is 10.1. The van der Waals surface area contributed by atoms with Crippen molar-refractivity contribution in [2.75, 3.05) is 11.9 Å². The van der Waals surface area contributed by atoms with Crippen molar-refractivity contribution in [2.45, 2.75) is 33.6 Å². The zero-order valence-electron chi connectivity index (χ0n) is 16.6. The topological polar surface area (TPSA) is 96.5 Å². The summed E-state index contributed by atoms with van der Waals surface area (Å²) in [5.74, 6) is -0.843. The number of rotatable bonds is 7. The van der Waals surface area contributed by atoms with Crippen molar-refractivity contribution >= 4 is 39.3 Å². The minimum Gasteiger partial charge on any atom is -0.493 e. The number of amides is 3. The molecule has 0 aliphatic rings. The first-order valence-corrected chi connectivity index (χ1v) is 9.98. The van der Waals surface area contributed by atoms with Gasteiger partial charge in [0.05, 0.1) is 12.2 Å². The Morgan fingerprint density at radius 2 is 1.69 bits per heavy atom. The van der Waals surface area contributed by atoms with E-state index in [4.69, 9.17) is 4.74 Å². The molecule has 3 N–H and O–H groups in total. The predicted molar refractivity (Wildman–Crippen MR) is 115 cm³/mol. The van der Waals surface area contributed by atoms with Crippen LogP contribution in [0.2, 0.25) is 0 Å². The predicted octanol–water partition coefficient (Wildman–Crippen LogP) is 3.64. The summed E-state index contributed by atoms with van der Waals surface area (Å²) in [5.41, 5.74) is 7.72. The van der Waals surface area contributed by atoms with Gasteiger partial charge in [0.1, 0.15) is 5.75 Å². The van der Waals surface area contributed by atoms with Crippen LogP contribution in [0.15, 0.2) is 40.9 Å². The molecular formula is C21H24BrN3O4. The van der Waals surface area contributed by atoms with Crippen molar-refractivity contribution in [1.29, 1.82) is 0 Å². The standard InChI is InChI=1S/C21H24BrN3O4/c1-4-29-18-8-6-15(22)12-16(18)21(28)25-24-20(27)10-9-19(26)23-17-7-5-13(2)11-14(17)3/h5-8,11-12H,4,9-10H2,1-3H3,(H,23,26)(H,24,27)(H,25,28). The molecule has 0 atom stereocenters. The fourth-order valence-corrected chi connectivity index (χ4v) is 2.97. The molecule has 0 aliphatic carbocycles. The first-order valence-electron chi connectivity index (χ1n) is 9.18. The van der Waals surface area contributed by atoms with Gasteiger partial charge in [0.2, 0.25) is 11.8 Å². The number of halogens is 1. The van der Waals surface area contributed by atoms with Crippen LogP contribution in [0.1, 0.15) is 41.3 Å². The molecule has 7 nitrogen and oxygen atoms in total. The zero-order chi connectivity index (χ0) is 21.4. The zero-order valence-corrected chi connectivity index (χ0v) is 18.2. The van der Waals surface area contributed by atoms with Crippen LogP contribution in [0, 0.1) is 13.8 Å². The van der Waals surface area contributed by atoms with E-state index in [9.17, 15) is 14.4 Å². The Kier molecular flexibility index (Phi) is 8.21. The number of aryl methyl sites for hydroxylation is 2. The lowest BCUT2D eigenvalue weighted by Crippen LogP contribution is -2.42. The second-order valence-corrected chi connectivity index (χ2v) is 7.36. The van der Waals surface area contributed by atoms with Crippen LogP contribution in [0.5, 0.6) is 5.75 Å². The minimum atomic E-state index is -0.511. The molecule has 0 bridgehead atoms. The van der Waals surface area contributed by atoms with Crippen molar-refractivity contribution in [3.05, 3.63) is 57.6 Å². The molecule has 0 fully saturated rings. The van der Waals surface area contributed by atoms with E-state index >= 15 is 0 Å². The lowest BCUT2D eigenvalue weighted by Gasteiger charge is -2.12. The van der Waals surface area contributed by atoms with Gasteiger partial charge in [-0.2, -0.15) is 0 Å². The summed E-state index contributed by atoms with van der Waals surface area (Å²) in [6.07, 6.45) is -0.0656. The lowest BCUT2D eigenvalue weighted by molar-refractivity contribution is -0.124. The summed E-state index contributed by atoms with van der Waals surface area (Å²) in [6, 6.07) is 10.7. The first-order chi connectivity index (χ1) is 13.8. The van der Waals surface area contributed by atoms with Crippen LogP contribution in [-0.4, -0.2) is 24.3 Å². The Hall–Kier alpha value is -2.87. The van der Waals surface area contributed by atoms with Gasteiger partial charge >= 0.3 is 0 Å². The second-order valence-electron chi connectivity index (χ2n) is 6.44. The van der Waals surface area contributed by atoms with Gasteiger partial charge in [0.15, 0.2) is 0 Å². The van der Waals surface area contributed by atoms with Gasteiger partial charge < -0.3 is 10.1 Å². The van der Waals surface area contributed by atoms with E-state index in [1.54, 1.807) is 18.2 Å². The van der Waals surface area contributed by atoms with E-state index < -0.39 is 11.8 Å². The van der Waals surface area contributed by atoms with Crippen LogP contribution in [-0.2, 0) is 9.59 Å². The van der Waals surface area contributed by atoms with E-state index in [0.29, 0.717) is 22.5 Å². The molecule has 154 valence electrons. The van der Waals surface area contributed by atoms with Crippen LogP contribution in [0.3, 0.4) is 0 Å². The molecule has 0 saturated carbocycles. The summed E-state index contributed by atoms with van der Waals surface area (Å²) in [7, 11) is 0. The molecule has 0 aromatic heterocycles. The van der Waals surface area contributed by atoms with Gasteiger partial charge in [-0.05, 0) is 50.6 Å². The number of carbonyl (C=O) groups is 3. The van der Waals surface area contributed by atoms with Crippen molar-refractivity contribution in [2.24, 2.45) is 0 Å². The van der Waals surface area contributed by atoms with Gasteiger partial charge in [-0.25, -0.2) is 0 Å². The summed E-state index contributed by atoms with van der Waals surface area (Å²) in [4.78, 5) is 36.4. The Bertz CT molecular complexity index is 915. The number of hydrogen-bond acceptors (Lipinski definition) is 4. The Morgan fingerprint density at radius 1 is 0.966 bits per heavy atom. The first kappa shape index (κ1) is 22.4. The molecule has 29 heavy (non-hydrogen) atoms. The van der Waals surface area contributed by atoms with Gasteiger partial charge in [-0.15, -0.1) is 0 Å². The van der Waals surface area contributed by atoms with Crippen molar-refractivity contribution in [3.8, 4) is 5.75 Å². The number of anilines is 1. The molecular weight excluding hydrogens is 438 g/mol. The molecule has 0 radical (unpaired) electrons. The molecule has 2 aromatic carbocycles. The SMILES string of the molecule is CCOc1ccc(Br)cc1C(=O)NNC(=O)CCC(=O)Nc1ccc(C)cc1C. The third kappa shape index (κ3) is 6.90. The van der Waals surface area contributed by atoms with Gasteiger partial charge in [-0.1, -0.05) is 33.6 Å². The maximum atomic E-state index is 12.3. The normalized spacial score (nSPS) is 10.2. The summed E-state index contributed by atoms with van der Waals surface area (Å²) in [6.45, 7) is 6.10. The molecule has 3 amide bonds. The van der Waals surface area contributed by atoms with E-state index in [-0.39, 0.29) is 24.3 Å². The second kappa shape index (κ2) is 10.6. The number of carbonyl (C=O) groups excluding carboxylic acids is 3. The van der Waals surface area contributed by atoms with Gasteiger partial charge in [-0.3, -0.25) is 25.2 Å². The van der Waals surface area contributed by atoms with E-state index in [0.717, 1.165) is 11.1 Å². The maximum absolute atomic E-state index is 12.3. The van der Waals surface area contributed by atoms with E-state index in [1.165, 1.54) is 0 Å². The summed E-state index contributed by atoms with van der Waals surface area (Å²) >= 11 is 3.31. The molecule has 8 heteroatoms. The Morgan fingerprint density at radius 3 is 2.38 bits per heavy atom. The number of hydrogen-bond donors (Lipinski definition) is 3. The minimum absolute atomic E-state index is 0.00387. The van der Waals surface area contributed by atoms with Gasteiger partial charge in [0, 0.05) is 23.0 Å². The number of benzene rings is 2. The fourth-order valence-electron chi connectivity index (χ4n) is 2.61. The molecule has 0 spiro atoms. The molecule has 0 unspecified atom stereocenters. The third-order valence-corrected chi connectivity index (χ3v) is 4.53. The Labute approximate surface area is 178 Å². The van der Waals surface area contributed by atoms with Crippen LogP contribution < -0.4 is 20.9 Å². The smallest absolute Gasteiger partial charge is 0.273 e. The fraction of sp³-hybridized carbons (Fsp3) is 0.286. The van der Waals surface area contributed by atoms with Gasteiger partial charge in [0.25, 0.3) is 5.91 Å². The Balaban J connectivity index is 1.83. The van der Waals surface area contributed by atoms with E-state index in [1.807, 2.05) is 39.0 Å². The number of ether oxygens (including phenoxy) is 1. The highest BCUT2D eigenvalue weighted by molar-refractivity contribution is 9.10. The molecule has 0 heterocycles. The number of hydrazine groups is 1. The highest BCUT2D eigenvalue weighted by atomic mass is 79.9. The summed E-state index contributed by atoms with van der Waals surface area (Å²) in [5, 5.41) is 2.78. The highest BCUT2D eigenvalue weighted by Gasteiger charge is 2.15. The largest absolute Gasteiger partial charge is 0.493 e. The molecule has 0 aliphatic heterocycles. The van der Waals surface area contributed by atoms with Crippen molar-refractivity contribution in [3.63, 3.8) is 0 Å². The molecule has 0 saturated heterocycles.